The van der Waals surface area contributed by atoms with Crippen molar-refractivity contribution >= 4 is 34.5 Å². The standard InChI is InChI=1S/C14H14N4O2S/c1-9-8-12(18-20-9)17-13(19)6-7-21-14-15-10-4-2-3-5-11(10)16-14/h2-5,8H,6-7H2,1H3,(H,15,16)(H,17,18,19). The van der Waals surface area contributed by atoms with Crippen molar-refractivity contribution in [1.82, 2.24) is 15.1 Å². The smallest absolute Gasteiger partial charge is 0.226 e. The molecule has 0 spiro atoms. The van der Waals surface area contributed by atoms with Crippen molar-refractivity contribution in [2.24, 2.45) is 0 Å². The lowest BCUT2D eigenvalue weighted by Crippen LogP contribution is -2.12. The summed E-state index contributed by atoms with van der Waals surface area (Å²) >= 11 is 1.52. The number of aromatic amines is 1. The summed E-state index contributed by atoms with van der Waals surface area (Å²) in [4.78, 5) is 19.4. The maximum Gasteiger partial charge on any atom is 0.226 e. The van der Waals surface area contributed by atoms with E-state index in [1.807, 2.05) is 24.3 Å². The van der Waals surface area contributed by atoms with Gasteiger partial charge in [0.05, 0.1) is 11.0 Å². The molecule has 7 heteroatoms. The summed E-state index contributed by atoms with van der Waals surface area (Å²) in [7, 11) is 0. The Morgan fingerprint density at radius 2 is 2.29 bits per heavy atom. The molecule has 0 aliphatic rings. The zero-order valence-corrected chi connectivity index (χ0v) is 12.2. The second kappa shape index (κ2) is 6.01. The quantitative estimate of drug-likeness (QED) is 0.708. The molecule has 0 atom stereocenters. The molecular weight excluding hydrogens is 288 g/mol. The van der Waals surface area contributed by atoms with Gasteiger partial charge in [-0.05, 0) is 19.1 Å². The van der Waals surface area contributed by atoms with Crippen LogP contribution in [0, 0.1) is 6.92 Å². The first kappa shape index (κ1) is 13.7. The zero-order valence-electron chi connectivity index (χ0n) is 11.4. The third-order valence-electron chi connectivity index (χ3n) is 2.83. The molecule has 3 aromatic rings. The minimum Gasteiger partial charge on any atom is -0.360 e. The van der Waals surface area contributed by atoms with E-state index in [2.05, 4.69) is 20.4 Å². The van der Waals surface area contributed by atoms with Gasteiger partial charge >= 0.3 is 0 Å². The van der Waals surface area contributed by atoms with Crippen LogP contribution in [0.25, 0.3) is 11.0 Å². The first-order chi connectivity index (χ1) is 10.2. The number of anilines is 1. The second-order valence-corrected chi connectivity index (χ2v) is 5.61. The Hall–Kier alpha value is -2.28. The lowest BCUT2D eigenvalue weighted by molar-refractivity contribution is -0.115. The van der Waals surface area contributed by atoms with Gasteiger partial charge in [0.25, 0.3) is 0 Å². The molecule has 0 saturated carbocycles. The maximum atomic E-state index is 11.7. The molecule has 1 amide bonds. The number of thioether (sulfide) groups is 1. The number of carbonyl (C=O) groups excluding carboxylic acids is 1. The fourth-order valence-electron chi connectivity index (χ4n) is 1.87. The third-order valence-corrected chi connectivity index (χ3v) is 3.71. The van der Waals surface area contributed by atoms with Crippen LogP contribution in [-0.4, -0.2) is 26.8 Å². The molecule has 6 nitrogen and oxygen atoms in total. The van der Waals surface area contributed by atoms with Gasteiger partial charge in [-0.25, -0.2) is 4.98 Å². The lowest BCUT2D eigenvalue weighted by atomic mass is 10.3. The molecule has 108 valence electrons. The molecule has 3 rings (SSSR count). The lowest BCUT2D eigenvalue weighted by Gasteiger charge is -1.99. The van der Waals surface area contributed by atoms with Gasteiger partial charge in [-0.2, -0.15) is 0 Å². The van der Waals surface area contributed by atoms with Crippen molar-refractivity contribution < 1.29 is 9.32 Å². The summed E-state index contributed by atoms with van der Waals surface area (Å²) in [6, 6.07) is 9.53. The Labute approximate surface area is 125 Å². The molecular formula is C14H14N4O2S. The molecule has 0 aliphatic carbocycles. The van der Waals surface area contributed by atoms with Crippen LogP contribution in [-0.2, 0) is 4.79 Å². The highest BCUT2D eigenvalue weighted by Gasteiger charge is 2.08. The summed E-state index contributed by atoms with van der Waals surface area (Å²) in [5.41, 5.74) is 1.94. The SMILES string of the molecule is Cc1cc(NC(=O)CCSc2nc3ccccc3[nH]2)no1. The van der Waals surface area contributed by atoms with E-state index in [0.29, 0.717) is 23.8 Å². The molecule has 21 heavy (non-hydrogen) atoms. The summed E-state index contributed by atoms with van der Waals surface area (Å²) in [6.45, 7) is 1.78. The number of H-pyrrole nitrogens is 1. The normalized spacial score (nSPS) is 10.9. The average molecular weight is 302 g/mol. The molecule has 2 N–H and O–H groups in total. The van der Waals surface area contributed by atoms with Gasteiger partial charge in [0, 0.05) is 18.2 Å². The molecule has 0 unspecified atom stereocenters. The Morgan fingerprint density at radius 3 is 3.05 bits per heavy atom. The number of hydrogen-bond acceptors (Lipinski definition) is 5. The van der Waals surface area contributed by atoms with Gasteiger partial charge in [0.2, 0.25) is 5.91 Å². The van der Waals surface area contributed by atoms with Gasteiger partial charge in [-0.1, -0.05) is 29.1 Å². The van der Waals surface area contributed by atoms with Crippen molar-refractivity contribution in [3.05, 3.63) is 36.1 Å². The van der Waals surface area contributed by atoms with Gasteiger partial charge in [0.1, 0.15) is 5.76 Å². The molecule has 2 aromatic heterocycles. The predicted molar refractivity (Wildman–Crippen MR) is 81.3 cm³/mol. The van der Waals surface area contributed by atoms with Gasteiger partial charge in [0.15, 0.2) is 11.0 Å². The number of amides is 1. The number of nitrogens with zero attached hydrogens (tertiary/aromatic N) is 2. The van der Waals surface area contributed by atoms with E-state index >= 15 is 0 Å². The van der Waals surface area contributed by atoms with Gasteiger partial charge < -0.3 is 14.8 Å². The second-order valence-electron chi connectivity index (χ2n) is 4.53. The van der Waals surface area contributed by atoms with E-state index in [0.717, 1.165) is 16.2 Å². The molecule has 0 bridgehead atoms. The van der Waals surface area contributed by atoms with Crippen molar-refractivity contribution in [3.8, 4) is 0 Å². The molecule has 1 aromatic carbocycles. The van der Waals surface area contributed by atoms with E-state index in [4.69, 9.17) is 4.52 Å². The Morgan fingerprint density at radius 1 is 1.43 bits per heavy atom. The molecule has 2 heterocycles. The number of imidazole rings is 1. The number of carbonyl (C=O) groups is 1. The Bertz CT molecular complexity index is 732. The summed E-state index contributed by atoms with van der Waals surface area (Å²) in [5, 5.41) is 7.23. The van der Waals surface area contributed by atoms with Gasteiger partial charge in [-0.15, -0.1) is 0 Å². The van der Waals surface area contributed by atoms with Crippen molar-refractivity contribution in [3.63, 3.8) is 0 Å². The van der Waals surface area contributed by atoms with Crippen LogP contribution in [0.1, 0.15) is 12.2 Å². The molecule has 0 fully saturated rings. The highest BCUT2D eigenvalue weighted by atomic mass is 32.2. The van der Waals surface area contributed by atoms with Crippen LogP contribution in [0.4, 0.5) is 5.82 Å². The van der Waals surface area contributed by atoms with Crippen LogP contribution < -0.4 is 5.32 Å². The topological polar surface area (TPSA) is 83.8 Å². The number of hydrogen-bond donors (Lipinski definition) is 2. The van der Waals surface area contributed by atoms with Crippen LogP contribution >= 0.6 is 11.8 Å². The van der Waals surface area contributed by atoms with Crippen LogP contribution in [0.3, 0.4) is 0 Å². The number of benzene rings is 1. The van der Waals surface area contributed by atoms with Crippen LogP contribution in [0.5, 0.6) is 0 Å². The minimum absolute atomic E-state index is 0.0908. The Kier molecular flexibility index (Phi) is 3.92. The predicted octanol–water partition coefficient (Wildman–Crippen LogP) is 2.98. The minimum atomic E-state index is -0.0908. The number of aryl methyl sites for hydroxylation is 1. The van der Waals surface area contributed by atoms with Crippen molar-refractivity contribution in [2.75, 3.05) is 11.1 Å². The van der Waals surface area contributed by atoms with Crippen LogP contribution in [0.15, 0.2) is 40.0 Å². The maximum absolute atomic E-state index is 11.7. The van der Waals surface area contributed by atoms with E-state index in [1.165, 1.54) is 11.8 Å². The number of nitrogens with one attached hydrogen (secondary N) is 2. The van der Waals surface area contributed by atoms with E-state index in [9.17, 15) is 4.79 Å². The van der Waals surface area contributed by atoms with Gasteiger partial charge in [-0.3, -0.25) is 4.79 Å². The molecule has 0 aliphatic heterocycles. The fraction of sp³-hybridized carbons (Fsp3) is 0.214. The third kappa shape index (κ3) is 3.43. The van der Waals surface area contributed by atoms with E-state index < -0.39 is 0 Å². The largest absolute Gasteiger partial charge is 0.360 e. The summed E-state index contributed by atoms with van der Waals surface area (Å²) < 4.78 is 4.89. The monoisotopic (exact) mass is 302 g/mol. The highest BCUT2D eigenvalue weighted by molar-refractivity contribution is 7.99. The number of aromatic nitrogens is 3. The van der Waals surface area contributed by atoms with Crippen molar-refractivity contribution in [2.45, 2.75) is 18.5 Å². The fourth-order valence-corrected chi connectivity index (χ4v) is 2.69. The molecule has 0 saturated heterocycles. The molecule has 0 radical (unpaired) electrons. The van der Waals surface area contributed by atoms with E-state index in [-0.39, 0.29) is 5.91 Å². The van der Waals surface area contributed by atoms with Crippen molar-refractivity contribution in [1.29, 1.82) is 0 Å². The number of para-hydroxylation sites is 2. The number of rotatable bonds is 5. The number of fused-ring (bicyclic) bond motifs is 1. The zero-order chi connectivity index (χ0) is 14.7. The highest BCUT2D eigenvalue weighted by Crippen LogP contribution is 2.19. The van der Waals surface area contributed by atoms with Crippen LogP contribution in [0.2, 0.25) is 0 Å². The first-order valence-electron chi connectivity index (χ1n) is 6.51. The van der Waals surface area contributed by atoms with E-state index in [1.54, 1.807) is 13.0 Å². The summed E-state index contributed by atoms with van der Waals surface area (Å²) in [6.07, 6.45) is 0.383. The Balaban J connectivity index is 1.50. The average Bonchev–Trinajstić information content (AvgIpc) is 3.04. The summed E-state index contributed by atoms with van der Waals surface area (Å²) in [5.74, 6) is 1.67. The first-order valence-corrected chi connectivity index (χ1v) is 7.50.